The van der Waals surface area contributed by atoms with E-state index in [0.717, 1.165) is 23.8 Å². The minimum absolute atomic E-state index is 0.0828. The van der Waals surface area contributed by atoms with E-state index < -0.39 is 0 Å². The SMILES string of the molecule is CC.CC.CC(N)c1cccc(OCC2CC2)c1. The Morgan fingerprint density at radius 2 is 1.83 bits per heavy atom. The number of ether oxygens (including phenoxy) is 1. The van der Waals surface area contributed by atoms with E-state index in [9.17, 15) is 0 Å². The van der Waals surface area contributed by atoms with Gasteiger partial charge < -0.3 is 10.5 Å². The molecule has 1 aliphatic rings. The van der Waals surface area contributed by atoms with Crippen molar-refractivity contribution in [3.63, 3.8) is 0 Å². The van der Waals surface area contributed by atoms with Gasteiger partial charge in [-0.3, -0.25) is 0 Å². The molecular formula is C16H29NO. The minimum atomic E-state index is 0.0828. The van der Waals surface area contributed by atoms with Crippen LogP contribution in [0.25, 0.3) is 0 Å². The summed E-state index contributed by atoms with van der Waals surface area (Å²) in [5, 5.41) is 0. The van der Waals surface area contributed by atoms with Gasteiger partial charge >= 0.3 is 0 Å². The van der Waals surface area contributed by atoms with Crippen molar-refractivity contribution >= 4 is 0 Å². The first kappa shape index (κ1) is 17.0. The van der Waals surface area contributed by atoms with Crippen LogP contribution in [-0.4, -0.2) is 6.61 Å². The summed E-state index contributed by atoms with van der Waals surface area (Å²) in [6, 6.07) is 8.15. The fourth-order valence-electron chi connectivity index (χ4n) is 1.39. The average molecular weight is 251 g/mol. The molecule has 0 radical (unpaired) electrons. The third-order valence-electron chi connectivity index (χ3n) is 2.57. The number of nitrogens with two attached hydrogens (primary N) is 1. The number of hydrogen-bond acceptors (Lipinski definition) is 2. The fraction of sp³-hybridized carbons (Fsp3) is 0.625. The van der Waals surface area contributed by atoms with Crippen LogP contribution in [0.15, 0.2) is 24.3 Å². The summed E-state index contributed by atoms with van der Waals surface area (Å²) in [6.07, 6.45) is 2.65. The first-order valence-corrected chi connectivity index (χ1v) is 7.24. The lowest BCUT2D eigenvalue weighted by Crippen LogP contribution is -2.05. The van der Waals surface area contributed by atoms with Crippen molar-refractivity contribution in [2.75, 3.05) is 6.61 Å². The van der Waals surface area contributed by atoms with Crippen molar-refractivity contribution < 1.29 is 4.74 Å². The second-order valence-electron chi connectivity index (χ2n) is 4.12. The largest absolute Gasteiger partial charge is 0.493 e. The van der Waals surface area contributed by atoms with Crippen LogP contribution >= 0.6 is 0 Å². The zero-order chi connectivity index (χ0) is 14.0. The Morgan fingerprint density at radius 1 is 1.22 bits per heavy atom. The van der Waals surface area contributed by atoms with Crippen LogP contribution in [-0.2, 0) is 0 Å². The summed E-state index contributed by atoms with van der Waals surface area (Å²) in [4.78, 5) is 0. The van der Waals surface area contributed by atoms with E-state index in [4.69, 9.17) is 10.5 Å². The topological polar surface area (TPSA) is 35.2 Å². The molecule has 1 saturated carbocycles. The maximum atomic E-state index is 5.80. The molecule has 0 amide bonds. The zero-order valence-electron chi connectivity index (χ0n) is 12.6. The highest BCUT2D eigenvalue weighted by Crippen LogP contribution is 2.29. The van der Waals surface area contributed by atoms with Crippen LogP contribution in [0.2, 0.25) is 0 Å². The van der Waals surface area contributed by atoms with Crippen LogP contribution in [0.5, 0.6) is 5.75 Å². The summed E-state index contributed by atoms with van der Waals surface area (Å²) in [7, 11) is 0. The predicted octanol–water partition coefficient (Wildman–Crippen LogP) is 4.55. The van der Waals surface area contributed by atoms with Gasteiger partial charge in [0.1, 0.15) is 5.75 Å². The number of rotatable bonds is 4. The third kappa shape index (κ3) is 6.65. The van der Waals surface area contributed by atoms with Gasteiger partial charge in [-0.25, -0.2) is 0 Å². The quantitative estimate of drug-likeness (QED) is 0.852. The Hall–Kier alpha value is -1.02. The van der Waals surface area contributed by atoms with E-state index in [1.807, 2.05) is 58.9 Å². The lowest BCUT2D eigenvalue weighted by Gasteiger charge is -2.09. The molecule has 0 heterocycles. The summed E-state index contributed by atoms with van der Waals surface area (Å²) in [6.45, 7) is 10.8. The molecule has 1 fully saturated rings. The Balaban J connectivity index is 0.000000659. The van der Waals surface area contributed by atoms with Gasteiger partial charge in [0.15, 0.2) is 0 Å². The summed E-state index contributed by atoms with van der Waals surface area (Å²) < 4.78 is 5.67. The van der Waals surface area contributed by atoms with Crippen LogP contribution < -0.4 is 10.5 Å². The lowest BCUT2D eigenvalue weighted by molar-refractivity contribution is 0.299. The second-order valence-corrected chi connectivity index (χ2v) is 4.12. The van der Waals surface area contributed by atoms with Crippen molar-refractivity contribution in [3.05, 3.63) is 29.8 Å². The summed E-state index contributed by atoms with van der Waals surface area (Å²) >= 11 is 0. The summed E-state index contributed by atoms with van der Waals surface area (Å²) in [5.41, 5.74) is 6.93. The number of hydrogen-bond donors (Lipinski definition) is 1. The van der Waals surface area contributed by atoms with Gasteiger partial charge in [0.25, 0.3) is 0 Å². The van der Waals surface area contributed by atoms with Crippen molar-refractivity contribution in [2.45, 2.75) is 53.5 Å². The van der Waals surface area contributed by atoms with Crippen molar-refractivity contribution in [3.8, 4) is 5.75 Å². The van der Waals surface area contributed by atoms with Gasteiger partial charge in [-0.05, 0) is 43.4 Å². The molecular weight excluding hydrogens is 222 g/mol. The monoisotopic (exact) mass is 251 g/mol. The molecule has 0 aromatic heterocycles. The summed E-state index contributed by atoms with van der Waals surface area (Å²) in [5.74, 6) is 1.75. The number of benzene rings is 1. The molecule has 0 spiro atoms. The van der Waals surface area contributed by atoms with E-state index in [-0.39, 0.29) is 6.04 Å². The van der Waals surface area contributed by atoms with Gasteiger partial charge in [-0.15, -0.1) is 0 Å². The zero-order valence-corrected chi connectivity index (χ0v) is 12.6. The highest BCUT2D eigenvalue weighted by molar-refractivity contribution is 5.30. The van der Waals surface area contributed by atoms with Crippen molar-refractivity contribution in [1.29, 1.82) is 0 Å². The molecule has 2 rings (SSSR count). The highest BCUT2D eigenvalue weighted by atomic mass is 16.5. The molecule has 0 aliphatic heterocycles. The molecule has 1 aromatic carbocycles. The molecule has 0 saturated heterocycles. The van der Waals surface area contributed by atoms with E-state index in [0.29, 0.717) is 0 Å². The Bertz CT molecular complexity index is 306. The molecule has 1 aliphatic carbocycles. The molecule has 2 nitrogen and oxygen atoms in total. The lowest BCUT2D eigenvalue weighted by atomic mass is 10.1. The van der Waals surface area contributed by atoms with Gasteiger partial charge in [0.2, 0.25) is 0 Å². The van der Waals surface area contributed by atoms with Crippen LogP contribution in [0.3, 0.4) is 0 Å². The van der Waals surface area contributed by atoms with Crippen LogP contribution in [0.4, 0.5) is 0 Å². The molecule has 1 atom stereocenters. The van der Waals surface area contributed by atoms with Crippen LogP contribution in [0, 0.1) is 5.92 Å². The van der Waals surface area contributed by atoms with E-state index >= 15 is 0 Å². The maximum absolute atomic E-state index is 5.80. The van der Waals surface area contributed by atoms with Crippen molar-refractivity contribution in [1.82, 2.24) is 0 Å². The standard InChI is InChI=1S/C12H17NO.2C2H6/c1-9(13)11-3-2-4-12(7-11)14-8-10-5-6-10;2*1-2/h2-4,7,9-10H,5-6,8,13H2,1H3;2*1-2H3. The Morgan fingerprint density at radius 3 is 2.33 bits per heavy atom. The second kappa shape index (κ2) is 9.95. The molecule has 18 heavy (non-hydrogen) atoms. The van der Waals surface area contributed by atoms with Gasteiger partial charge in [0, 0.05) is 6.04 Å². The molecule has 1 unspecified atom stereocenters. The minimum Gasteiger partial charge on any atom is -0.493 e. The first-order valence-electron chi connectivity index (χ1n) is 7.24. The molecule has 1 aromatic rings. The van der Waals surface area contributed by atoms with Crippen molar-refractivity contribution in [2.24, 2.45) is 11.7 Å². The highest BCUT2D eigenvalue weighted by Gasteiger charge is 2.21. The average Bonchev–Trinajstić information content (AvgIpc) is 3.25. The molecule has 2 N–H and O–H groups in total. The van der Waals surface area contributed by atoms with Gasteiger partial charge in [0.05, 0.1) is 6.61 Å². The smallest absolute Gasteiger partial charge is 0.119 e. The van der Waals surface area contributed by atoms with E-state index in [1.165, 1.54) is 12.8 Å². The first-order chi connectivity index (χ1) is 8.75. The Labute approximate surface area is 113 Å². The predicted molar refractivity (Wildman–Crippen MR) is 80.0 cm³/mol. The van der Waals surface area contributed by atoms with Gasteiger partial charge in [-0.1, -0.05) is 39.8 Å². The normalized spacial score (nSPS) is 14.6. The fourth-order valence-corrected chi connectivity index (χ4v) is 1.39. The third-order valence-corrected chi connectivity index (χ3v) is 2.57. The maximum Gasteiger partial charge on any atom is 0.119 e. The van der Waals surface area contributed by atoms with Crippen LogP contribution in [0.1, 0.15) is 59.1 Å². The molecule has 2 heteroatoms. The molecule has 104 valence electrons. The van der Waals surface area contributed by atoms with E-state index in [1.54, 1.807) is 0 Å². The molecule has 0 bridgehead atoms. The van der Waals surface area contributed by atoms with Gasteiger partial charge in [-0.2, -0.15) is 0 Å². The Kier molecular flexibility index (Phi) is 9.39. The van der Waals surface area contributed by atoms with E-state index in [2.05, 4.69) is 0 Å².